The molecule has 0 radical (unpaired) electrons. The number of rotatable bonds is 19. The molecule has 45 heavy (non-hydrogen) atoms. The molecule has 8 nitrogen and oxygen atoms in total. The van der Waals surface area contributed by atoms with Gasteiger partial charge in [0.05, 0.1) is 26.9 Å². The highest BCUT2D eigenvalue weighted by Gasteiger charge is 2.13. The zero-order chi connectivity index (χ0) is 32.3. The Balaban J connectivity index is 1.35. The van der Waals surface area contributed by atoms with Crippen LogP contribution >= 0.6 is 0 Å². The van der Waals surface area contributed by atoms with Crippen molar-refractivity contribution in [2.75, 3.05) is 26.9 Å². The Morgan fingerprint density at radius 2 is 1.20 bits per heavy atom. The van der Waals surface area contributed by atoms with Gasteiger partial charge in [-0.15, -0.1) is 0 Å². The van der Waals surface area contributed by atoms with Gasteiger partial charge in [-0.3, -0.25) is 0 Å². The number of carbonyl (C=O) groups is 3. The molecule has 0 aliphatic rings. The first-order valence-electron chi connectivity index (χ1n) is 14.9. The third-order valence-corrected chi connectivity index (χ3v) is 6.82. The van der Waals surface area contributed by atoms with Crippen LogP contribution in [0.2, 0.25) is 0 Å². The molecule has 0 aliphatic heterocycles. The lowest BCUT2D eigenvalue weighted by molar-refractivity contribution is -0.143. The van der Waals surface area contributed by atoms with Crippen LogP contribution in [0.3, 0.4) is 0 Å². The highest BCUT2D eigenvalue weighted by Crippen LogP contribution is 2.25. The second-order valence-electron chi connectivity index (χ2n) is 10.2. The van der Waals surface area contributed by atoms with E-state index in [1.54, 1.807) is 25.3 Å². The third-order valence-electron chi connectivity index (χ3n) is 6.82. The Morgan fingerprint density at radius 3 is 1.76 bits per heavy atom. The van der Waals surface area contributed by atoms with Crippen LogP contribution in [0.25, 0.3) is 17.2 Å². The van der Waals surface area contributed by atoms with E-state index < -0.39 is 17.9 Å². The average Bonchev–Trinajstić information content (AvgIpc) is 3.08. The summed E-state index contributed by atoms with van der Waals surface area (Å²) in [7, 11) is 1.61. The van der Waals surface area contributed by atoms with E-state index >= 15 is 0 Å². The molecule has 0 heterocycles. The standard InChI is InChI=1S/C37H40O8/c1-4-35(38)43-26-29(27-44-36(39)5-2)10-8-6-7-9-25-42-33-20-14-30(15-21-33)31-16-22-34(23-17-31)45-37(40)24-13-28-11-18-32(41-3)19-12-28/h4-5,11-24,29H,1-2,6-10,25-27H2,3H3/b24-13+. The molecule has 0 aliphatic carbocycles. The lowest BCUT2D eigenvalue weighted by Gasteiger charge is -2.16. The molecular formula is C37H40O8. The molecule has 0 spiro atoms. The number of ether oxygens (including phenoxy) is 5. The zero-order valence-corrected chi connectivity index (χ0v) is 25.7. The van der Waals surface area contributed by atoms with Gasteiger partial charge in [0.2, 0.25) is 0 Å². The van der Waals surface area contributed by atoms with Gasteiger partial charge in [0.25, 0.3) is 0 Å². The van der Waals surface area contributed by atoms with Crippen LogP contribution in [-0.4, -0.2) is 44.8 Å². The number of hydrogen-bond acceptors (Lipinski definition) is 8. The van der Waals surface area contributed by atoms with Gasteiger partial charge in [-0.05, 0) is 72.0 Å². The van der Waals surface area contributed by atoms with Gasteiger partial charge in [-0.1, -0.05) is 68.8 Å². The van der Waals surface area contributed by atoms with E-state index in [1.165, 1.54) is 6.08 Å². The van der Waals surface area contributed by atoms with Crippen LogP contribution in [0.1, 0.15) is 37.7 Å². The molecule has 0 unspecified atom stereocenters. The minimum absolute atomic E-state index is 0.0771. The Morgan fingerprint density at radius 1 is 0.667 bits per heavy atom. The van der Waals surface area contributed by atoms with Crippen molar-refractivity contribution in [2.45, 2.75) is 32.1 Å². The first-order chi connectivity index (χ1) is 21.9. The first kappa shape index (κ1) is 34.4. The number of unbranched alkanes of at least 4 members (excludes halogenated alkanes) is 3. The Bertz CT molecular complexity index is 1380. The second kappa shape index (κ2) is 19.2. The van der Waals surface area contributed by atoms with E-state index in [2.05, 4.69) is 13.2 Å². The zero-order valence-electron chi connectivity index (χ0n) is 25.7. The molecule has 3 aromatic rings. The van der Waals surface area contributed by atoms with E-state index in [1.807, 2.05) is 60.7 Å². The quantitative estimate of drug-likeness (QED) is 0.0599. The van der Waals surface area contributed by atoms with Crippen molar-refractivity contribution in [1.82, 2.24) is 0 Å². The van der Waals surface area contributed by atoms with Crippen LogP contribution in [0.15, 0.2) is 104 Å². The highest BCUT2D eigenvalue weighted by molar-refractivity contribution is 5.88. The molecule has 0 fully saturated rings. The smallest absolute Gasteiger partial charge is 0.336 e. The van der Waals surface area contributed by atoms with Crippen molar-refractivity contribution in [3.05, 3.63) is 110 Å². The van der Waals surface area contributed by atoms with E-state index in [-0.39, 0.29) is 19.1 Å². The molecule has 8 heteroatoms. The number of hydrogen-bond donors (Lipinski definition) is 0. The molecule has 0 amide bonds. The van der Waals surface area contributed by atoms with E-state index in [0.29, 0.717) is 12.4 Å². The fraction of sp³-hybridized carbons (Fsp3) is 0.270. The molecule has 0 aromatic heterocycles. The minimum Gasteiger partial charge on any atom is -0.497 e. The molecular weight excluding hydrogens is 572 g/mol. The lowest BCUT2D eigenvalue weighted by Crippen LogP contribution is -2.20. The summed E-state index contributed by atoms with van der Waals surface area (Å²) in [6.07, 6.45) is 9.86. The summed E-state index contributed by atoms with van der Waals surface area (Å²) in [4.78, 5) is 35.0. The predicted octanol–water partition coefficient (Wildman–Crippen LogP) is 7.38. The molecule has 0 N–H and O–H groups in total. The van der Waals surface area contributed by atoms with E-state index in [9.17, 15) is 14.4 Å². The number of carbonyl (C=O) groups excluding carboxylic acids is 3. The molecule has 0 bridgehead atoms. The summed E-state index contributed by atoms with van der Waals surface area (Å²) >= 11 is 0. The van der Waals surface area contributed by atoms with Crippen LogP contribution in [0.5, 0.6) is 17.2 Å². The van der Waals surface area contributed by atoms with Gasteiger partial charge in [-0.2, -0.15) is 0 Å². The van der Waals surface area contributed by atoms with Gasteiger partial charge < -0.3 is 23.7 Å². The predicted molar refractivity (Wildman–Crippen MR) is 174 cm³/mol. The maximum Gasteiger partial charge on any atom is 0.336 e. The Kier molecular flexibility index (Phi) is 14.7. The van der Waals surface area contributed by atoms with Crippen LogP contribution in [0, 0.1) is 5.92 Å². The van der Waals surface area contributed by atoms with E-state index in [4.69, 9.17) is 23.7 Å². The second-order valence-corrected chi connectivity index (χ2v) is 10.2. The molecule has 3 rings (SSSR count). The highest BCUT2D eigenvalue weighted by atomic mass is 16.5. The molecule has 0 atom stereocenters. The molecule has 0 saturated carbocycles. The van der Waals surface area contributed by atoms with Gasteiger partial charge in [0.15, 0.2) is 0 Å². The maximum absolute atomic E-state index is 12.2. The van der Waals surface area contributed by atoms with Gasteiger partial charge >= 0.3 is 17.9 Å². The summed E-state index contributed by atoms with van der Waals surface area (Å²) < 4.78 is 26.7. The van der Waals surface area contributed by atoms with Crippen LogP contribution in [-0.2, 0) is 23.9 Å². The third kappa shape index (κ3) is 13.0. The fourth-order valence-electron chi connectivity index (χ4n) is 4.30. The molecule has 236 valence electrons. The lowest BCUT2D eigenvalue weighted by atomic mass is 10.0. The van der Waals surface area contributed by atoms with Crippen LogP contribution < -0.4 is 14.2 Å². The maximum atomic E-state index is 12.2. The van der Waals surface area contributed by atoms with Crippen molar-refractivity contribution in [1.29, 1.82) is 0 Å². The molecule has 3 aromatic carbocycles. The van der Waals surface area contributed by atoms with Gasteiger partial charge in [0, 0.05) is 24.1 Å². The number of benzene rings is 3. The SMILES string of the molecule is C=CC(=O)OCC(CCCCCCOc1ccc(-c2ccc(OC(=O)/C=C/c3ccc(OC)cc3)cc2)cc1)COC(=O)C=C. The van der Waals surface area contributed by atoms with E-state index in [0.717, 1.165) is 72.4 Å². The topological polar surface area (TPSA) is 97.4 Å². The van der Waals surface area contributed by atoms with Crippen molar-refractivity contribution in [2.24, 2.45) is 5.92 Å². The Hall–Kier alpha value is -5.11. The normalized spacial score (nSPS) is 10.7. The van der Waals surface area contributed by atoms with Crippen molar-refractivity contribution < 1.29 is 38.1 Å². The van der Waals surface area contributed by atoms with Crippen molar-refractivity contribution in [3.63, 3.8) is 0 Å². The molecule has 0 saturated heterocycles. The summed E-state index contributed by atoms with van der Waals surface area (Å²) in [5.74, 6) is 0.487. The number of esters is 3. The number of methoxy groups -OCH3 is 1. The monoisotopic (exact) mass is 612 g/mol. The van der Waals surface area contributed by atoms with Crippen molar-refractivity contribution in [3.8, 4) is 28.4 Å². The van der Waals surface area contributed by atoms with Crippen LogP contribution in [0.4, 0.5) is 0 Å². The summed E-state index contributed by atoms with van der Waals surface area (Å²) in [6.45, 7) is 7.74. The average molecular weight is 613 g/mol. The fourth-order valence-corrected chi connectivity index (χ4v) is 4.30. The minimum atomic E-state index is -0.494. The summed E-state index contributed by atoms with van der Waals surface area (Å²) in [5.41, 5.74) is 2.88. The van der Waals surface area contributed by atoms with Gasteiger partial charge in [0.1, 0.15) is 17.2 Å². The first-order valence-corrected chi connectivity index (χ1v) is 14.9. The summed E-state index contributed by atoms with van der Waals surface area (Å²) in [5, 5.41) is 0. The summed E-state index contributed by atoms with van der Waals surface area (Å²) in [6, 6.07) is 22.6. The van der Waals surface area contributed by atoms with Gasteiger partial charge in [-0.25, -0.2) is 14.4 Å². The largest absolute Gasteiger partial charge is 0.497 e. The van der Waals surface area contributed by atoms with Crippen molar-refractivity contribution >= 4 is 24.0 Å². The Labute approximate surface area is 264 Å².